The van der Waals surface area contributed by atoms with Crippen LogP contribution < -0.4 is 9.47 Å². The molecule has 3 heterocycles. The van der Waals surface area contributed by atoms with E-state index in [1.54, 1.807) is 4.90 Å². The van der Waals surface area contributed by atoms with Gasteiger partial charge in [0.25, 0.3) is 0 Å². The molecular weight excluding hydrogens is 332 g/mol. The zero-order valence-corrected chi connectivity index (χ0v) is 15.4. The molecule has 6 nitrogen and oxygen atoms in total. The van der Waals surface area contributed by atoms with E-state index < -0.39 is 0 Å². The molecule has 1 aromatic carbocycles. The maximum atomic E-state index is 12.9. The predicted molar refractivity (Wildman–Crippen MR) is 95.6 cm³/mol. The van der Waals surface area contributed by atoms with Crippen LogP contribution >= 0.6 is 0 Å². The number of fused-ring (bicyclic) bond motifs is 1. The van der Waals surface area contributed by atoms with Crippen molar-refractivity contribution in [2.75, 3.05) is 26.4 Å². The van der Waals surface area contributed by atoms with Crippen molar-refractivity contribution in [3.63, 3.8) is 0 Å². The van der Waals surface area contributed by atoms with Gasteiger partial charge in [-0.3, -0.25) is 9.59 Å². The molecule has 0 aromatic heterocycles. The van der Waals surface area contributed by atoms with Gasteiger partial charge in [0, 0.05) is 32.6 Å². The van der Waals surface area contributed by atoms with Crippen LogP contribution in [0.15, 0.2) is 18.2 Å². The van der Waals surface area contributed by atoms with Crippen molar-refractivity contribution >= 4 is 11.8 Å². The lowest BCUT2D eigenvalue weighted by atomic mass is 9.91. The summed E-state index contributed by atoms with van der Waals surface area (Å²) in [4.78, 5) is 29.1. The summed E-state index contributed by atoms with van der Waals surface area (Å²) < 4.78 is 10.7. The smallest absolute Gasteiger partial charge is 0.231 e. The first-order valence-electron chi connectivity index (χ1n) is 9.44. The molecule has 0 bridgehead atoms. The molecule has 3 aliphatic heterocycles. The number of hydrogen-bond donors (Lipinski definition) is 0. The maximum Gasteiger partial charge on any atom is 0.231 e. The molecule has 0 aliphatic carbocycles. The van der Waals surface area contributed by atoms with E-state index in [2.05, 4.69) is 13.8 Å². The molecule has 1 aromatic rings. The third-order valence-electron chi connectivity index (χ3n) is 5.55. The number of carbonyl (C=O) groups excluding carboxylic acids is 2. The summed E-state index contributed by atoms with van der Waals surface area (Å²) in [5.74, 6) is 2.51. The number of piperidine rings is 1. The summed E-state index contributed by atoms with van der Waals surface area (Å²) in [5.41, 5.74) is 0.996. The fourth-order valence-corrected chi connectivity index (χ4v) is 4.45. The molecule has 0 N–H and O–H groups in total. The Morgan fingerprint density at radius 1 is 1.12 bits per heavy atom. The van der Waals surface area contributed by atoms with Crippen LogP contribution in [0.3, 0.4) is 0 Å². The predicted octanol–water partition coefficient (Wildman–Crippen LogP) is 2.27. The standard InChI is InChI=1S/C20H26N2O4/c1-13-5-14(2)9-22(8-13)20(24)16-7-19(23)21(11-16)10-15-3-4-17-18(6-15)26-12-25-17/h3-4,6,13-14,16H,5,7-12H2,1-2H3. The first-order valence-corrected chi connectivity index (χ1v) is 9.44. The summed E-state index contributed by atoms with van der Waals surface area (Å²) in [5, 5.41) is 0. The number of likely N-dealkylation sites (tertiary alicyclic amines) is 2. The Kier molecular flexibility index (Phi) is 4.51. The van der Waals surface area contributed by atoms with Crippen molar-refractivity contribution in [3.8, 4) is 11.5 Å². The van der Waals surface area contributed by atoms with E-state index in [9.17, 15) is 9.59 Å². The lowest BCUT2D eigenvalue weighted by molar-refractivity contribution is -0.138. The van der Waals surface area contributed by atoms with Gasteiger partial charge in [-0.05, 0) is 36.0 Å². The summed E-state index contributed by atoms with van der Waals surface area (Å²) in [7, 11) is 0. The lowest BCUT2D eigenvalue weighted by Gasteiger charge is -2.36. The van der Waals surface area contributed by atoms with E-state index in [1.165, 1.54) is 6.42 Å². The molecule has 2 saturated heterocycles. The molecule has 26 heavy (non-hydrogen) atoms. The van der Waals surface area contributed by atoms with Crippen LogP contribution in [0.2, 0.25) is 0 Å². The molecule has 3 aliphatic rings. The monoisotopic (exact) mass is 358 g/mol. The summed E-state index contributed by atoms with van der Waals surface area (Å²) in [6, 6.07) is 5.74. The minimum absolute atomic E-state index is 0.0547. The fraction of sp³-hybridized carbons (Fsp3) is 0.600. The normalized spacial score (nSPS) is 27.9. The number of carbonyl (C=O) groups is 2. The zero-order valence-electron chi connectivity index (χ0n) is 15.4. The van der Waals surface area contributed by atoms with E-state index in [0.29, 0.717) is 31.3 Å². The van der Waals surface area contributed by atoms with Gasteiger partial charge < -0.3 is 19.3 Å². The van der Waals surface area contributed by atoms with Gasteiger partial charge in [-0.1, -0.05) is 19.9 Å². The van der Waals surface area contributed by atoms with Gasteiger partial charge in [-0.15, -0.1) is 0 Å². The SMILES string of the molecule is CC1CC(C)CN(C(=O)C2CC(=O)N(Cc3ccc4c(c3)OCO4)C2)C1. The fourth-order valence-electron chi connectivity index (χ4n) is 4.45. The summed E-state index contributed by atoms with van der Waals surface area (Å²) in [6.07, 6.45) is 1.49. The van der Waals surface area contributed by atoms with Crippen molar-refractivity contribution in [2.45, 2.75) is 33.2 Å². The molecular formula is C20H26N2O4. The second-order valence-corrected chi connectivity index (χ2v) is 8.05. The van der Waals surface area contributed by atoms with E-state index in [0.717, 1.165) is 30.2 Å². The van der Waals surface area contributed by atoms with Crippen LogP contribution in [0, 0.1) is 17.8 Å². The Labute approximate surface area is 154 Å². The van der Waals surface area contributed by atoms with Gasteiger partial charge in [-0.25, -0.2) is 0 Å². The van der Waals surface area contributed by atoms with Crippen LogP contribution in [0.4, 0.5) is 0 Å². The van der Waals surface area contributed by atoms with E-state index >= 15 is 0 Å². The second kappa shape index (κ2) is 6.82. The molecule has 0 saturated carbocycles. The average Bonchev–Trinajstić information content (AvgIpc) is 3.20. The Bertz CT molecular complexity index is 710. The topological polar surface area (TPSA) is 59.1 Å². The number of rotatable bonds is 3. The van der Waals surface area contributed by atoms with Gasteiger partial charge in [0.1, 0.15) is 0 Å². The number of amides is 2. The van der Waals surface area contributed by atoms with Crippen LogP contribution in [-0.2, 0) is 16.1 Å². The van der Waals surface area contributed by atoms with E-state index in [4.69, 9.17) is 9.47 Å². The highest BCUT2D eigenvalue weighted by atomic mass is 16.7. The average molecular weight is 358 g/mol. The first-order chi connectivity index (χ1) is 12.5. The lowest BCUT2D eigenvalue weighted by Crippen LogP contribution is -2.45. The first kappa shape index (κ1) is 17.2. The van der Waals surface area contributed by atoms with Gasteiger partial charge in [0.2, 0.25) is 18.6 Å². The highest BCUT2D eigenvalue weighted by Gasteiger charge is 2.38. The molecule has 6 heteroatoms. The Hall–Kier alpha value is -2.24. The largest absolute Gasteiger partial charge is 0.454 e. The van der Waals surface area contributed by atoms with Gasteiger partial charge in [0.15, 0.2) is 11.5 Å². The molecule has 2 fully saturated rings. The van der Waals surface area contributed by atoms with Crippen molar-refractivity contribution < 1.29 is 19.1 Å². The van der Waals surface area contributed by atoms with Crippen LogP contribution in [-0.4, -0.2) is 48.0 Å². The summed E-state index contributed by atoms with van der Waals surface area (Å²) in [6.45, 7) is 7.28. The number of nitrogens with zero attached hydrogens (tertiary/aromatic N) is 2. The van der Waals surface area contributed by atoms with Crippen molar-refractivity contribution in [3.05, 3.63) is 23.8 Å². The van der Waals surface area contributed by atoms with E-state index in [-0.39, 0.29) is 24.5 Å². The molecule has 0 spiro atoms. The minimum atomic E-state index is -0.214. The molecule has 2 amide bonds. The van der Waals surface area contributed by atoms with Gasteiger partial charge in [-0.2, -0.15) is 0 Å². The highest BCUT2D eigenvalue weighted by Crippen LogP contribution is 2.33. The molecule has 140 valence electrons. The quantitative estimate of drug-likeness (QED) is 0.832. The molecule has 4 rings (SSSR count). The van der Waals surface area contributed by atoms with Crippen LogP contribution in [0.25, 0.3) is 0 Å². The second-order valence-electron chi connectivity index (χ2n) is 8.05. The Morgan fingerprint density at radius 3 is 2.62 bits per heavy atom. The molecule has 0 radical (unpaired) electrons. The van der Waals surface area contributed by atoms with Crippen molar-refractivity contribution in [1.29, 1.82) is 0 Å². The third kappa shape index (κ3) is 3.37. The highest BCUT2D eigenvalue weighted by molar-refractivity contribution is 5.89. The van der Waals surface area contributed by atoms with Gasteiger partial charge >= 0.3 is 0 Å². The Balaban J connectivity index is 1.39. The van der Waals surface area contributed by atoms with Crippen LogP contribution in [0.5, 0.6) is 11.5 Å². The zero-order chi connectivity index (χ0) is 18.3. The number of ether oxygens (including phenoxy) is 2. The van der Waals surface area contributed by atoms with Crippen LogP contribution in [0.1, 0.15) is 32.3 Å². The van der Waals surface area contributed by atoms with Crippen molar-refractivity contribution in [1.82, 2.24) is 9.80 Å². The number of benzene rings is 1. The Morgan fingerprint density at radius 2 is 1.85 bits per heavy atom. The maximum absolute atomic E-state index is 12.9. The third-order valence-corrected chi connectivity index (χ3v) is 5.55. The molecule has 3 unspecified atom stereocenters. The van der Waals surface area contributed by atoms with E-state index in [1.807, 2.05) is 23.1 Å². The molecule has 3 atom stereocenters. The number of hydrogen-bond acceptors (Lipinski definition) is 4. The summed E-state index contributed by atoms with van der Waals surface area (Å²) >= 11 is 0. The van der Waals surface area contributed by atoms with Crippen molar-refractivity contribution in [2.24, 2.45) is 17.8 Å². The minimum Gasteiger partial charge on any atom is -0.454 e. The van der Waals surface area contributed by atoms with Gasteiger partial charge in [0.05, 0.1) is 5.92 Å².